The maximum absolute atomic E-state index is 6.08. The van der Waals surface area contributed by atoms with E-state index < -0.39 is 0 Å². The molecular formula is C15H21N3O. The number of imidazole rings is 1. The van der Waals surface area contributed by atoms with E-state index in [1.165, 1.54) is 11.1 Å². The van der Waals surface area contributed by atoms with Crippen LogP contribution in [0.25, 0.3) is 11.0 Å². The van der Waals surface area contributed by atoms with Gasteiger partial charge in [-0.1, -0.05) is 6.07 Å². The number of hydrogen-bond donors (Lipinski definition) is 1. The molecule has 1 aliphatic heterocycles. The first-order valence-corrected chi connectivity index (χ1v) is 6.88. The molecule has 102 valence electrons. The summed E-state index contributed by atoms with van der Waals surface area (Å²) in [7, 11) is 2.09. The highest BCUT2D eigenvalue weighted by Gasteiger charge is 2.37. The Kier molecular flexibility index (Phi) is 3.07. The van der Waals surface area contributed by atoms with Crippen molar-refractivity contribution in [1.29, 1.82) is 0 Å². The van der Waals surface area contributed by atoms with E-state index in [1.807, 2.05) is 0 Å². The first-order chi connectivity index (χ1) is 9.16. The van der Waals surface area contributed by atoms with Gasteiger partial charge < -0.3 is 15.0 Å². The maximum Gasteiger partial charge on any atom is 0.117 e. The molecule has 1 aromatic heterocycles. The van der Waals surface area contributed by atoms with Gasteiger partial charge in [-0.05, 0) is 37.5 Å². The fraction of sp³-hybridized carbons (Fsp3) is 0.533. The first kappa shape index (κ1) is 12.6. The molecule has 0 atom stereocenters. The van der Waals surface area contributed by atoms with Crippen LogP contribution in [0.15, 0.2) is 18.2 Å². The topological polar surface area (TPSA) is 53.1 Å². The summed E-state index contributed by atoms with van der Waals surface area (Å²) in [5.74, 6) is 1.11. The van der Waals surface area contributed by atoms with E-state index in [4.69, 9.17) is 15.5 Å². The zero-order valence-corrected chi connectivity index (χ0v) is 11.6. The van der Waals surface area contributed by atoms with Crippen LogP contribution in [0.1, 0.15) is 24.2 Å². The van der Waals surface area contributed by atoms with Crippen molar-refractivity contribution in [1.82, 2.24) is 9.55 Å². The molecule has 2 heterocycles. The average Bonchev–Trinajstić information content (AvgIpc) is 2.77. The van der Waals surface area contributed by atoms with E-state index in [9.17, 15) is 0 Å². The summed E-state index contributed by atoms with van der Waals surface area (Å²) >= 11 is 0. The number of nitrogens with zero attached hydrogens (tertiary/aromatic N) is 2. The lowest BCUT2D eigenvalue weighted by Gasteiger charge is -2.35. The second-order valence-corrected chi connectivity index (χ2v) is 5.58. The van der Waals surface area contributed by atoms with Gasteiger partial charge in [0.1, 0.15) is 5.82 Å². The second kappa shape index (κ2) is 4.62. The molecule has 2 N–H and O–H groups in total. The van der Waals surface area contributed by atoms with E-state index in [-0.39, 0.29) is 5.41 Å². The standard InChI is InChI=1S/C15H21N3O/c1-11-3-4-13-12(9-11)17-14(18(13)2)15(10-16)5-7-19-8-6-15/h3-4,9H,5-8,10,16H2,1-2H3. The number of ether oxygens (including phenoxy) is 1. The van der Waals surface area contributed by atoms with Crippen LogP contribution in [0.3, 0.4) is 0 Å². The van der Waals surface area contributed by atoms with Crippen molar-refractivity contribution in [2.75, 3.05) is 19.8 Å². The van der Waals surface area contributed by atoms with Gasteiger partial charge in [-0.3, -0.25) is 0 Å². The minimum absolute atomic E-state index is 0.0279. The summed E-state index contributed by atoms with van der Waals surface area (Å²) in [4.78, 5) is 4.87. The number of nitrogens with two attached hydrogens (primary N) is 1. The third kappa shape index (κ3) is 1.95. The fourth-order valence-electron chi connectivity index (χ4n) is 3.07. The molecule has 0 bridgehead atoms. The number of hydrogen-bond acceptors (Lipinski definition) is 3. The molecule has 1 saturated heterocycles. The quantitative estimate of drug-likeness (QED) is 0.896. The lowest BCUT2D eigenvalue weighted by Crippen LogP contribution is -2.42. The summed E-state index contributed by atoms with van der Waals surface area (Å²) in [5, 5.41) is 0. The van der Waals surface area contributed by atoms with Crippen molar-refractivity contribution in [3.63, 3.8) is 0 Å². The van der Waals surface area contributed by atoms with Crippen LogP contribution in [0.5, 0.6) is 0 Å². The van der Waals surface area contributed by atoms with E-state index in [2.05, 4.69) is 36.7 Å². The number of aryl methyl sites for hydroxylation is 2. The molecule has 1 aliphatic rings. The molecule has 0 saturated carbocycles. The van der Waals surface area contributed by atoms with Crippen LogP contribution < -0.4 is 5.73 Å². The molecule has 19 heavy (non-hydrogen) atoms. The summed E-state index contributed by atoms with van der Waals surface area (Å²) in [5.41, 5.74) is 9.54. The summed E-state index contributed by atoms with van der Waals surface area (Å²) in [6.45, 7) is 4.28. The minimum Gasteiger partial charge on any atom is -0.381 e. The molecular weight excluding hydrogens is 238 g/mol. The molecule has 0 amide bonds. The van der Waals surface area contributed by atoms with Crippen LogP contribution in [0.2, 0.25) is 0 Å². The predicted molar refractivity (Wildman–Crippen MR) is 76.2 cm³/mol. The Morgan fingerprint density at radius 2 is 2.11 bits per heavy atom. The van der Waals surface area contributed by atoms with Crippen LogP contribution >= 0.6 is 0 Å². The lowest BCUT2D eigenvalue weighted by atomic mass is 9.79. The van der Waals surface area contributed by atoms with Gasteiger partial charge in [-0.25, -0.2) is 4.98 Å². The highest BCUT2D eigenvalue weighted by Crippen LogP contribution is 2.34. The number of aromatic nitrogens is 2. The molecule has 2 aromatic rings. The smallest absolute Gasteiger partial charge is 0.117 e. The Hall–Kier alpha value is -1.39. The first-order valence-electron chi connectivity index (χ1n) is 6.88. The highest BCUT2D eigenvalue weighted by molar-refractivity contribution is 5.77. The van der Waals surface area contributed by atoms with Gasteiger partial charge in [-0.2, -0.15) is 0 Å². The number of rotatable bonds is 2. The van der Waals surface area contributed by atoms with Crippen LogP contribution in [-0.4, -0.2) is 29.3 Å². The Morgan fingerprint density at radius 1 is 1.37 bits per heavy atom. The van der Waals surface area contributed by atoms with E-state index in [0.29, 0.717) is 6.54 Å². The SMILES string of the molecule is Cc1ccc2c(c1)nc(C1(CN)CCOCC1)n2C. The summed E-state index contributed by atoms with van der Waals surface area (Å²) < 4.78 is 7.69. The van der Waals surface area contributed by atoms with Gasteiger partial charge in [0.15, 0.2) is 0 Å². The Labute approximate surface area is 113 Å². The fourth-order valence-corrected chi connectivity index (χ4v) is 3.07. The summed E-state index contributed by atoms with van der Waals surface area (Å²) in [6.07, 6.45) is 1.92. The van der Waals surface area contributed by atoms with Crippen LogP contribution in [-0.2, 0) is 17.2 Å². The van der Waals surface area contributed by atoms with Gasteiger partial charge >= 0.3 is 0 Å². The Balaban J connectivity index is 2.15. The molecule has 1 fully saturated rings. The van der Waals surface area contributed by atoms with Crippen molar-refractivity contribution in [2.45, 2.75) is 25.2 Å². The molecule has 0 spiro atoms. The Bertz CT molecular complexity index is 597. The number of fused-ring (bicyclic) bond motifs is 1. The van der Waals surface area contributed by atoms with E-state index in [1.54, 1.807) is 0 Å². The van der Waals surface area contributed by atoms with Gasteiger partial charge in [0, 0.05) is 32.2 Å². The van der Waals surface area contributed by atoms with Crippen molar-refractivity contribution < 1.29 is 4.74 Å². The molecule has 0 aliphatic carbocycles. The van der Waals surface area contributed by atoms with Crippen molar-refractivity contribution in [2.24, 2.45) is 12.8 Å². The normalized spacial score (nSPS) is 18.9. The third-order valence-electron chi connectivity index (χ3n) is 4.35. The van der Waals surface area contributed by atoms with Gasteiger partial charge in [0.05, 0.1) is 11.0 Å². The van der Waals surface area contributed by atoms with Gasteiger partial charge in [-0.15, -0.1) is 0 Å². The predicted octanol–water partition coefficient (Wildman–Crippen LogP) is 1.89. The molecule has 0 radical (unpaired) electrons. The van der Waals surface area contributed by atoms with Gasteiger partial charge in [0.25, 0.3) is 0 Å². The van der Waals surface area contributed by atoms with E-state index >= 15 is 0 Å². The molecule has 4 heteroatoms. The second-order valence-electron chi connectivity index (χ2n) is 5.58. The molecule has 3 rings (SSSR count). The third-order valence-corrected chi connectivity index (χ3v) is 4.35. The van der Waals surface area contributed by atoms with Crippen LogP contribution in [0, 0.1) is 6.92 Å². The van der Waals surface area contributed by atoms with E-state index in [0.717, 1.165) is 37.4 Å². The van der Waals surface area contributed by atoms with Gasteiger partial charge in [0.2, 0.25) is 0 Å². The zero-order chi connectivity index (χ0) is 13.5. The van der Waals surface area contributed by atoms with Crippen molar-refractivity contribution in [3.8, 4) is 0 Å². The monoisotopic (exact) mass is 259 g/mol. The van der Waals surface area contributed by atoms with Crippen molar-refractivity contribution in [3.05, 3.63) is 29.6 Å². The average molecular weight is 259 g/mol. The van der Waals surface area contributed by atoms with Crippen molar-refractivity contribution >= 4 is 11.0 Å². The lowest BCUT2D eigenvalue weighted by molar-refractivity contribution is 0.0492. The minimum atomic E-state index is -0.0279. The Morgan fingerprint density at radius 3 is 2.79 bits per heavy atom. The summed E-state index contributed by atoms with van der Waals surface area (Å²) in [6, 6.07) is 6.42. The molecule has 0 unspecified atom stereocenters. The maximum atomic E-state index is 6.08. The zero-order valence-electron chi connectivity index (χ0n) is 11.6. The largest absolute Gasteiger partial charge is 0.381 e. The highest BCUT2D eigenvalue weighted by atomic mass is 16.5. The number of benzene rings is 1. The van der Waals surface area contributed by atoms with Crippen LogP contribution in [0.4, 0.5) is 0 Å². The molecule has 4 nitrogen and oxygen atoms in total. The molecule has 1 aromatic carbocycles.